The van der Waals surface area contributed by atoms with E-state index in [2.05, 4.69) is 72.6 Å². The van der Waals surface area contributed by atoms with E-state index in [0.717, 1.165) is 19.0 Å². The van der Waals surface area contributed by atoms with Crippen LogP contribution in [0.1, 0.15) is 44.2 Å². The molecule has 0 spiro atoms. The fraction of sp³-hybridized carbons (Fsp3) is 0.667. The van der Waals surface area contributed by atoms with Crippen molar-refractivity contribution in [3.05, 3.63) is 35.4 Å². The van der Waals surface area contributed by atoms with Crippen LogP contribution in [0.2, 0.25) is 0 Å². The summed E-state index contributed by atoms with van der Waals surface area (Å²) < 4.78 is 0. The van der Waals surface area contributed by atoms with Crippen LogP contribution in [0.3, 0.4) is 0 Å². The second-order valence-electron chi connectivity index (χ2n) is 7.51. The Morgan fingerprint density at radius 3 is 2.35 bits per heavy atom. The zero-order chi connectivity index (χ0) is 18.8. The molecule has 1 saturated heterocycles. The van der Waals surface area contributed by atoms with Crippen LogP contribution in [0.15, 0.2) is 29.3 Å². The van der Waals surface area contributed by atoms with Crippen LogP contribution in [-0.2, 0) is 13.1 Å². The molecule has 2 rings (SSSR count). The van der Waals surface area contributed by atoms with E-state index < -0.39 is 0 Å². The molecule has 0 radical (unpaired) electrons. The minimum Gasteiger partial charge on any atom is -0.357 e. The summed E-state index contributed by atoms with van der Waals surface area (Å²) >= 11 is 0. The fourth-order valence-electron chi connectivity index (χ4n) is 3.42. The molecule has 1 aliphatic rings. The van der Waals surface area contributed by atoms with Gasteiger partial charge in [-0.2, -0.15) is 0 Å². The Morgan fingerprint density at radius 2 is 1.77 bits per heavy atom. The van der Waals surface area contributed by atoms with Gasteiger partial charge < -0.3 is 20.4 Å². The summed E-state index contributed by atoms with van der Waals surface area (Å²) in [7, 11) is 4.19. The Hall–Kier alpha value is -1.59. The number of nitrogens with one attached hydrogen (secondary N) is 2. The number of guanidine groups is 1. The molecule has 1 fully saturated rings. The Morgan fingerprint density at radius 1 is 1.12 bits per heavy atom. The van der Waals surface area contributed by atoms with Gasteiger partial charge in [0.15, 0.2) is 5.96 Å². The van der Waals surface area contributed by atoms with Crippen molar-refractivity contribution in [1.29, 1.82) is 0 Å². The molecule has 0 unspecified atom stereocenters. The van der Waals surface area contributed by atoms with Gasteiger partial charge in [0.25, 0.3) is 0 Å². The van der Waals surface area contributed by atoms with Gasteiger partial charge in [-0.05, 0) is 58.0 Å². The largest absolute Gasteiger partial charge is 0.357 e. The van der Waals surface area contributed by atoms with Crippen molar-refractivity contribution in [1.82, 2.24) is 20.4 Å². The Kier molecular flexibility index (Phi) is 8.92. The molecule has 5 heteroatoms. The number of benzene rings is 1. The first-order chi connectivity index (χ1) is 12.6. The molecule has 0 aliphatic carbocycles. The predicted molar refractivity (Wildman–Crippen MR) is 112 cm³/mol. The Bertz CT molecular complexity index is 530. The highest BCUT2D eigenvalue weighted by atomic mass is 15.2. The molecule has 1 aromatic rings. The van der Waals surface area contributed by atoms with E-state index in [1.165, 1.54) is 50.0 Å². The van der Waals surface area contributed by atoms with E-state index >= 15 is 0 Å². The number of likely N-dealkylation sites (tertiary alicyclic amines) is 1. The van der Waals surface area contributed by atoms with Crippen LogP contribution in [0.4, 0.5) is 0 Å². The lowest BCUT2D eigenvalue weighted by Gasteiger charge is -2.32. The lowest BCUT2D eigenvalue weighted by Crippen LogP contribution is -2.48. The summed E-state index contributed by atoms with van der Waals surface area (Å²) in [4.78, 5) is 9.55. The minimum atomic E-state index is 0.531. The van der Waals surface area contributed by atoms with Crippen molar-refractivity contribution >= 4 is 5.96 Å². The quantitative estimate of drug-likeness (QED) is 0.553. The van der Waals surface area contributed by atoms with Crippen LogP contribution in [0, 0.1) is 0 Å². The first-order valence-electron chi connectivity index (χ1n) is 10.1. The van der Waals surface area contributed by atoms with Gasteiger partial charge >= 0.3 is 0 Å². The number of aliphatic imine (C=N–C) groups is 1. The van der Waals surface area contributed by atoms with Gasteiger partial charge in [0.05, 0.1) is 6.54 Å². The van der Waals surface area contributed by atoms with Gasteiger partial charge in [0.2, 0.25) is 0 Å². The second kappa shape index (κ2) is 11.2. The van der Waals surface area contributed by atoms with Crippen LogP contribution in [-0.4, -0.2) is 62.1 Å². The fourth-order valence-corrected chi connectivity index (χ4v) is 3.42. The normalized spacial score (nSPS) is 16.9. The third-order valence-corrected chi connectivity index (χ3v) is 4.75. The molecule has 146 valence electrons. The molecule has 1 aromatic carbocycles. The number of hydrogen-bond donors (Lipinski definition) is 2. The van der Waals surface area contributed by atoms with Crippen LogP contribution >= 0.6 is 0 Å². The van der Waals surface area contributed by atoms with E-state index in [-0.39, 0.29) is 0 Å². The summed E-state index contributed by atoms with van der Waals surface area (Å²) in [5.41, 5.74) is 2.59. The van der Waals surface area contributed by atoms with Crippen molar-refractivity contribution < 1.29 is 0 Å². The molecule has 0 atom stereocenters. The monoisotopic (exact) mass is 359 g/mol. The van der Waals surface area contributed by atoms with E-state index in [9.17, 15) is 0 Å². The lowest BCUT2D eigenvalue weighted by atomic mass is 10.1. The van der Waals surface area contributed by atoms with Gasteiger partial charge in [-0.3, -0.25) is 0 Å². The van der Waals surface area contributed by atoms with Crippen molar-refractivity contribution in [2.24, 2.45) is 4.99 Å². The van der Waals surface area contributed by atoms with Crippen molar-refractivity contribution in [2.45, 2.75) is 52.2 Å². The highest BCUT2D eigenvalue weighted by Crippen LogP contribution is 2.11. The Balaban J connectivity index is 1.86. The van der Waals surface area contributed by atoms with Gasteiger partial charge in [-0.15, -0.1) is 0 Å². The lowest BCUT2D eigenvalue weighted by molar-refractivity contribution is 0.206. The Labute approximate surface area is 159 Å². The average molecular weight is 360 g/mol. The number of nitrogens with zero attached hydrogens (tertiary/aromatic N) is 3. The second-order valence-corrected chi connectivity index (χ2v) is 7.51. The molecule has 0 aromatic heterocycles. The molecule has 2 N–H and O–H groups in total. The van der Waals surface area contributed by atoms with Crippen molar-refractivity contribution in [2.75, 3.05) is 40.3 Å². The third-order valence-electron chi connectivity index (χ3n) is 4.75. The van der Waals surface area contributed by atoms with Gasteiger partial charge in [0, 0.05) is 32.2 Å². The van der Waals surface area contributed by atoms with Crippen molar-refractivity contribution in [3.63, 3.8) is 0 Å². The zero-order valence-corrected chi connectivity index (χ0v) is 17.1. The van der Waals surface area contributed by atoms with Gasteiger partial charge in [-0.25, -0.2) is 4.99 Å². The molecule has 1 heterocycles. The van der Waals surface area contributed by atoms with Crippen LogP contribution in [0.5, 0.6) is 0 Å². The molecule has 5 nitrogen and oxygen atoms in total. The summed E-state index contributed by atoms with van der Waals surface area (Å²) in [6, 6.07) is 9.32. The SMILES string of the molecule is CCCN1CCC(NC(=NCc2ccc(CN(C)C)cc2)NCC)CC1. The molecule has 26 heavy (non-hydrogen) atoms. The first kappa shape index (κ1) is 20.7. The third kappa shape index (κ3) is 7.34. The highest BCUT2D eigenvalue weighted by Gasteiger charge is 2.19. The summed E-state index contributed by atoms with van der Waals surface area (Å²) in [6.07, 6.45) is 3.64. The standard InChI is InChI=1S/C21H37N5/c1-5-13-26-14-11-20(12-15-26)24-21(22-6-2)23-16-18-7-9-19(10-8-18)17-25(3)4/h7-10,20H,5-6,11-17H2,1-4H3,(H2,22,23,24). The van der Waals surface area contributed by atoms with E-state index in [4.69, 9.17) is 4.99 Å². The molecule has 0 saturated carbocycles. The maximum atomic E-state index is 4.79. The van der Waals surface area contributed by atoms with Gasteiger partial charge in [-0.1, -0.05) is 31.2 Å². The van der Waals surface area contributed by atoms with Crippen LogP contribution < -0.4 is 10.6 Å². The van der Waals surface area contributed by atoms with E-state index in [1.807, 2.05) is 0 Å². The van der Waals surface area contributed by atoms with Crippen molar-refractivity contribution in [3.8, 4) is 0 Å². The smallest absolute Gasteiger partial charge is 0.191 e. The molecule has 0 bridgehead atoms. The van der Waals surface area contributed by atoms with E-state index in [1.54, 1.807) is 0 Å². The topological polar surface area (TPSA) is 42.9 Å². The average Bonchev–Trinajstić information content (AvgIpc) is 2.62. The van der Waals surface area contributed by atoms with Gasteiger partial charge in [0.1, 0.15) is 0 Å². The summed E-state index contributed by atoms with van der Waals surface area (Å²) in [5, 5.41) is 7.03. The predicted octanol–water partition coefficient (Wildman–Crippen LogP) is 2.68. The summed E-state index contributed by atoms with van der Waals surface area (Å²) in [5.74, 6) is 0.943. The first-order valence-corrected chi connectivity index (χ1v) is 10.1. The maximum Gasteiger partial charge on any atom is 0.191 e. The van der Waals surface area contributed by atoms with Crippen LogP contribution in [0.25, 0.3) is 0 Å². The van der Waals surface area contributed by atoms with E-state index in [0.29, 0.717) is 12.6 Å². The molecule has 0 amide bonds. The maximum absolute atomic E-state index is 4.79. The molecular formula is C21H37N5. The molecule has 1 aliphatic heterocycles. The molecular weight excluding hydrogens is 322 g/mol. The minimum absolute atomic E-state index is 0.531. The number of piperidine rings is 1. The number of hydrogen-bond acceptors (Lipinski definition) is 3. The highest BCUT2D eigenvalue weighted by molar-refractivity contribution is 5.80. The summed E-state index contributed by atoms with van der Waals surface area (Å²) in [6.45, 7) is 10.6. The zero-order valence-electron chi connectivity index (χ0n) is 17.1. The number of rotatable bonds is 8.